The second-order valence-corrected chi connectivity index (χ2v) is 7.54. The predicted octanol–water partition coefficient (Wildman–Crippen LogP) is 5.93. The maximum absolute atomic E-state index is 12.5. The van der Waals surface area contributed by atoms with E-state index in [0.717, 1.165) is 22.0 Å². The van der Waals surface area contributed by atoms with E-state index in [1.807, 2.05) is 41.3 Å². The first kappa shape index (κ1) is 15.8. The molecule has 5 heteroatoms. The van der Waals surface area contributed by atoms with Gasteiger partial charge in [-0.3, -0.25) is 9.69 Å². The van der Waals surface area contributed by atoms with Crippen molar-refractivity contribution >= 4 is 57.3 Å². The molecule has 0 aromatic heterocycles. The maximum atomic E-state index is 12.5. The van der Waals surface area contributed by atoms with Crippen LogP contribution in [0.3, 0.4) is 0 Å². The summed E-state index contributed by atoms with van der Waals surface area (Å²) in [5, 5.41) is 3.31. The minimum absolute atomic E-state index is 0.0892. The number of hydrogen-bond donors (Lipinski definition) is 0. The largest absolute Gasteiger partial charge is 0.295 e. The molecule has 3 aromatic carbocycles. The topological polar surface area (TPSA) is 20.3 Å². The SMILES string of the molecule is O=C1CSC(c2ccc(Cl)cc2Cl)N1c1ccc2ccccc2c1. The summed E-state index contributed by atoms with van der Waals surface area (Å²) in [7, 11) is 0. The predicted molar refractivity (Wildman–Crippen MR) is 103 cm³/mol. The molecule has 0 radical (unpaired) electrons. The summed E-state index contributed by atoms with van der Waals surface area (Å²) in [4.78, 5) is 14.3. The van der Waals surface area contributed by atoms with Crippen LogP contribution in [-0.4, -0.2) is 11.7 Å². The van der Waals surface area contributed by atoms with Crippen molar-refractivity contribution < 1.29 is 4.79 Å². The van der Waals surface area contributed by atoms with E-state index < -0.39 is 0 Å². The second-order valence-electron chi connectivity index (χ2n) is 5.62. The highest BCUT2D eigenvalue weighted by atomic mass is 35.5. The molecular formula is C19H13Cl2NOS. The molecule has 4 rings (SSSR count). The summed E-state index contributed by atoms with van der Waals surface area (Å²) < 4.78 is 0. The molecule has 1 aliphatic heterocycles. The zero-order valence-electron chi connectivity index (χ0n) is 12.6. The first-order valence-corrected chi connectivity index (χ1v) is 9.31. The summed E-state index contributed by atoms with van der Waals surface area (Å²) in [6.07, 6.45) is 0. The van der Waals surface area contributed by atoms with Gasteiger partial charge in [0.25, 0.3) is 0 Å². The maximum Gasteiger partial charge on any atom is 0.238 e. The third kappa shape index (κ3) is 2.77. The average Bonchev–Trinajstić information content (AvgIpc) is 2.96. The molecule has 0 N–H and O–H groups in total. The molecule has 1 aliphatic rings. The van der Waals surface area contributed by atoms with Crippen LogP contribution in [0.1, 0.15) is 10.9 Å². The Hall–Kier alpha value is -1.68. The lowest BCUT2D eigenvalue weighted by atomic mass is 10.1. The zero-order valence-corrected chi connectivity index (χ0v) is 14.9. The molecule has 1 fully saturated rings. The van der Waals surface area contributed by atoms with E-state index in [4.69, 9.17) is 23.2 Å². The van der Waals surface area contributed by atoms with Crippen LogP contribution < -0.4 is 4.90 Å². The number of nitrogens with zero attached hydrogens (tertiary/aromatic N) is 1. The van der Waals surface area contributed by atoms with Gasteiger partial charge in [0.1, 0.15) is 5.37 Å². The number of carbonyl (C=O) groups excluding carboxylic acids is 1. The van der Waals surface area contributed by atoms with E-state index in [2.05, 4.69) is 18.2 Å². The fourth-order valence-electron chi connectivity index (χ4n) is 2.96. The van der Waals surface area contributed by atoms with Gasteiger partial charge in [-0.25, -0.2) is 0 Å². The van der Waals surface area contributed by atoms with Gasteiger partial charge in [0.05, 0.1) is 5.75 Å². The van der Waals surface area contributed by atoms with Crippen LogP contribution in [0.2, 0.25) is 10.0 Å². The van der Waals surface area contributed by atoms with Gasteiger partial charge in [-0.2, -0.15) is 0 Å². The number of benzene rings is 3. The Labute approximate surface area is 154 Å². The molecule has 0 aliphatic carbocycles. The van der Waals surface area contributed by atoms with E-state index in [1.54, 1.807) is 17.8 Å². The van der Waals surface area contributed by atoms with Crippen LogP contribution >= 0.6 is 35.0 Å². The Morgan fingerprint density at radius 1 is 0.958 bits per heavy atom. The third-order valence-electron chi connectivity index (χ3n) is 4.11. The number of hydrogen-bond acceptors (Lipinski definition) is 2. The number of thioether (sulfide) groups is 1. The van der Waals surface area contributed by atoms with Gasteiger partial charge < -0.3 is 0 Å². The van der Waals surface area contributed by atoms with Crippen molar-refractivity contribution in [3.8, 4) is 0 Å². The quantitative estimate of drug-likeness (QED) is 0.555. The van der Waals surface area contributed by atoms with Crippen LogP contribution in [0, 0.1) is 0 Å². The number of fused-ring (bicyclic) bond motifs is 1. The first-order valence-electron chi connectivity index (χ1n) is 7.51. The third-order valence-corrected chi connectivity index (χ3v) is 5.86. The van der Waals surface area contributed by atoms with Crippen molar-refractivity contribution in [3.05, 3.63) is 76.3 Å². The smallest absolute Gasteiger partial charge is 0.238 e. The van der Waals surface area contributed by atoms with Crippen LogP contribution in [0.5, 0.6) is 0 Å². The number of carbonyl (C=O) groups is 1. The number of rotatable bonds is 2. The molecule has 0 saturated carbocycles. The van der Waals surface area contributed by atoms with Gasteiger partial charge >= 0.3 is 0 Å². The highest BCUT2D eigenvalue weighted by Gasteiger charge is 2.35. The fourth-order valence-corrected chi connectivity index (χ4v) is 4.75. The van der Waals surface area contributed by atoms with Crippen molar-refractivity contribution in [1.82, 2.24) is 0 Å². The normalized spacial score (nSPS) is 17.7. The second kappa shape index (κ2) is 6.32. The van der Waals surface area contributed by atoms with Gasteiger partial charge in [0.15, 0.2) is 0 Å². The molecule has 24 heavy (non-hydrogen) atoms. The Bertz CT molecular complexity index is 944. The summed E-state index contributed by atoms with van der Waals surface area (Å²) in [5.74, 6) is 0.530. The van der Waals surface area contributed by atoms with Crippen LogP contribution in [0.15, 0.2) is 60.7 Å². The van der Waals surface area contributed by atoms with Crippen LogP contribution in [0.4, 0.5) is 5.69 Å². The molecule has 0 bridgehead atoms. The van der Waals surface area contributed by atoms with E-state index >= 15 is 0 Å². The van der Waals surface area contributed by atoms with Gasteiger partial charge in [0, 0.05) is 21.3 Å². The van der Waals surface area contributed by atoms with Gasteiger partial charge in [-0.1, -0.05) is 59.6 Å². The minimum Gasteiger partial charge on any atom is -0.295 e. The van der Waals surface area contributed by atoms with Gasteiger partial charge in [-0.15, -0.1) is 11.8 Å². The van der Waals surface area contributed by atoms with Crippen LogP contribution in [0.25, 0.3) is 10.8 Å². The number of halogens is 2. The fraction of sp³-hybridized carbons (Fsp3) is 0.105. The molecule has 0 spiro atoms. The number of amides is 1. The van der Waals surface area contributed by atoms with Crippen molar-refractivity contribution in [3.63, 3.8) is 0 Å². The first-order chi connectivity index (χ1) is 11.6. The Kier molecular flexibility index (Phi) is 4.17. The van der Waals surface area contributed by atoms with Gasteiger partial charge in [0.2, 0.25) is 5.91 Å². The highest BCUT2D eigenvalue weighted by molar-refractivity contribution is 8.00. The molecule has 1 atom stereocenters. The number of anilines is 1. The molecule has 120 valence electrons. The Morgan fingerprint density at radius 2 is 1.75 bits per heavy atom. The molecule has 3 aromatic rings. The highest BCUT2D eigenvalue weighted by Crippen LogP contribution is 2.44. The minimum atomic E-state index is -0.136. The van der Waals surface area contributed by atoms with Crippen molar-refractivity contribution in [1.29, 1.82) is 0 Å². The molecule has 1 amide bonds. The monoisotopic (exact) mass is 373 g/mol. The van der Waals surface area contributed by atoms with Crippen molar-refractivity contribution in [2.24, 2.45) is 0 Å². The zero-order chi connectivity index (χ0) is 16.7. The molecule has 1 unspecified atom stereocenters. The summed E-state index contributed by atoms with van der Waals surface area (Å²) >= 11 is 13.9. The lowest BCUT2D eigenvalue weighted by molar-refractivity contribution is -0.115. The molecule has 1 heterocycles. The Balaban J connectivity index is 1.79. The lowest BCUT2D eigenvalue weighted by Gasteiger charge is -2.25. The molecule has 1 saturated heterocycles. The summed E-state index contributed by atoms with van der Waals surface area (Å²) in [6.45, 7) is 0. The molecular weight excluding hydrogens is 361 g/mol. The van der Waals surface area contributed by atoms with E-state index in [-0.39, 0.29) is 11.3 Å². The summed E-state index contributed by atoms with van der Waals surface area (Å²) in [5.41, 5.74) is 1.80. The van der Waals surface area contributed by atoms with Gasteiger partial charge in [-0.05, 0) is 35.0 Å². The van der Waals surface area contributed by atoms with E-state index in [1.165, 1.54) is 0 Å². The van der Waals surface area contributed by atoms with E-state index in [0.29, 0.717) is 15.8 Å². The average molecular weight is 374 g/mol. The standard InChI is InChI=1S/C19H13Cl2NOS/c20-14-6-8-16(17(21)10-14)19-22(18(23)11-24-19)15-7-5-12-3-1-2-4-13(12)9-15/h1-10,19H,11H2. The van der Waals surface area contributed by atoms with Crippen LogP contribution in [-0.2, 0) is 4.79 Å². The lowest BCUT2D eigenvalue weighted by Crippen LogP contribution is -2.27. The van der Waals surface area contributed by atoms with Crippen molar-refractivity contribution in [2.75, 3.05) is 10.7 Å². The Morgan fingerprint density at radius 3 is 2.54 bits per heavy atom. The molecule has 2 nitrogen and oxygen atoms in total. The van der Waals surface area contributed by atoms with Crippen molar-refractivity contribution in [2.45, 2.75) is 5.37 Å². The summed E-state index contributed by atoms with van der Waals surface area (Å²) in [6, 6.07) is 19.6. The van der Waals surface area contributed by atoms with E-state index in [9.17, 15) is 4.79 Å².